The second-order valence-corrected chi connectivity index (χ2v) is 2.77. The van der Waals surface area contributed by atoms with Crippen LogP contribution in [0.4, 0.5) is 0 Å². The van der Waals surface area contributed by atoms with Crippen LogP contribution in [0.1, 0.15) is 39.0 Å². The average Bonchev–Trinajstić information content (AvgIpc) is 2.33. The van der Waals surface area contributed by atoms with Gasteiger partial charge in [-0.1, -0.05) is 39.3 Å². The summed E-state index contributed by atoms with van der Waals surface area (Å²) in [6.07, 6.45) is 0. The van der Waals surface area contributed by atoms with Crippen molar-refractivity contribution in [2.24, 2.45) is 0 Å². The fraction of sp³-hybridized carbons (Fsp3) is 0.583. The van der Waals surface area contributed by atoms with Crippen molar-refractivity contribution in [1.82, 2.24) is 4.98 Å². The Hall–Kier alpha value is -0.800. The first-order valence-electron chi connectivity index (χ1n) is 5.50. The summed E-state index contributed by atoms with van der Waals surface area (Å²) < 4.78 is 5.00. The standard InChI is InChI=1S/C8H10ClNO2.2C2H6/c1-5-3-6(4-11)10-8(9)7(5)12-2;2*1-2/h3,11H,4H2,1-2H3;2*1-2H3. The molecule has 4 heteroatoms. The Balaban J connectivity index is 0. The van der Waals surface area contributed by atoms with Gasteiger partial charge >= 0.3 is 0 Å². The Morgan fingerprint density at radius 3 is 2.12 bits per heavy atom. The predicted molar refractivity (Wildman–Crippen MR) is 69.2 cm³/mol. The number of rotatable bonds is 2. The van der Waals surface area contributed by atoms with E-state index in [4.69, 9.17) is 21.4 Å². The van der Waals surface area contributed by atoms with Gasteiger partial charge in [-0.25, -0.2) is 4.98 Å². The third-order valence-corrected chi connectivity index (χ3v) is 1.79. The Labute approximate surface area is 103 Å². The highest BCUT2D eigenvalue weighted by atomic mass is 35.5. The molecule has 0 aliphatic carbocycles. The molecule has 0 atom stereocenters. The zero-order valence-corrected chi connectivity index (χ0v) is 11.7. The van der Waals surface area contributed by atoms with E-state index in [0.717, 1.165) is 5.56 Å². The molecule has 1 N–H and O–H groups in total. The van der Waals surface area contributed by atoms with Crippen LogP contribution in [0.5, 0.6) is 5.75 Å². The molecule has 0 fully saturated rings. The van der Waals surface area contributed by atoms with E-state index >= 15 is 0 Å². The molecule has 16 heavy (non-hydrogen) atoms. The van der Waals surface area contributed by atoms with Crippen LogP contribution in [-0.2, 0) is 6.61 Å². The zero-order chi connectivity index (χ0) is 13.1. The first kappa shape index (κ1) is 17.6. The summed E-state index contributed by atoms with van der Waals surface area (Å²) in [6, 6.07) is 1.74. The number of pyridine rings is 1. The molecular formula is C12H22ClNO2. The normalized spacial score (nSPS) is 8.25. The smallest absolute Gasteiger partial charge is 0.171 e. The summed E-state index contributed by atoms with van der Waals surface area (Å²) in [5.74, 6) is 0.564. The van der Waals surface area contributed by atoms with Crippen molar-refractivity contribution in [3.63, 3.8) is 0 Å². The van der Waals surface area contributed by atoms with Gasteiger partial charge in [0.2, 0.25) is 0 Å². The highest BCUT2D eigenvalue weighted by Gasteiger charge is 2.07. The van der Waals surface area contributed by atoms with Crippen molar-refractivity contribution in [3.05, 3.63) is 22.5 Å². The maximum absolute atomic E-state index is 8.79. The van der Waals surface area contributed by atoms with Crippen LogP contribution in [-0.4, -0.2) is 17.2 Å². The molecule has 1 rings (SSSR count). The van der Waals surface area contributed by atoms with Crippen molar-refractivity contribution < 1.29 is 9.84 Å². The van der Waals surface area contributed by atoms with Gasteiger partial charge in [0.1, 0.15) is 0 Å². The van der Waals surface area contributed by atoms with Gasteiger partial charge in [-0.2, -0.15) is 0 Å². The lowest BCUT2D eigenvalue weighted by Gasteiger charge is -2.07. The van der Waals surface area contributed by atoms with Crippen molar-refractivity contribution >= 4 is 11.6 Å². The maximum Gasteiger partial charge on any atom is 0.171 e. The van der Waals surface area contributed by atoms with Crippen LogP contribution in [0.2, 0.25) is 5.15 Å². The molecule has 0 aromatic carbocycles. The minimum Gasteiger partial charge on any atom is -0.493 e. The molecular weight excluding hydrogens is 226 g/mol. The maximum atomic E-state index is 8.79. The van der Waals surface area contributed by atoms with E-state index in [2.05, 4.69) is 4.98 Å². The molecule has 0 saturated carbocycles. The number of aryl methyl sites for hydroxylation is 1. The molecule has 0 unspecified atom stereocenters. The predicted octanol–water partition coefficient (Wildman–Crippen LogP) is 3.60. The molecule has 1 aromatic rings. The monoisotopic (exact) mass is 247 g/mol. The number of aromatic nitrogens is 1. The lowest BCUT2D eigenvalue weighted by molar-refractivity contribution is 0.276. The van der Waals surface area contributed by atoms with Crippen LogP contribution < -0.4 is 4.74 Å². The molecule has 0 bridgehead atoms. The van der Waals surface area contributed by atoms with E-state index in [0.29, 0.717) is 16.6 Å². The second kappa shape index (κ2) is 10.7. The molecule has 1 heterocycles. The highest BCUT2D eigenvalue weighted by Crippen LogP contribution is 2.26. The minimum absolute atomic E-state index is 0.107. The van der Waals surface area contributed by atoms with E-state index in [1.807, 2.05) is 34.6 Å². The zero-order valence-electron chi connectivity index (χ0n) is 11.0. The summed E-state index contributed by atoms with van der Waals surface area (Å²) in [7, 11) is 1.54. The second-order valence-electron chi connectivity index (χ2n) is 2.41. The lowest BCUT2D eigenvalue weighted by atomic mass is 10.2. The first-order chi connectivity index (χ1) is 7.69. The Morgan fingerprint density at radius 1 is 1.31 bits per heavy atom. The molecule has 94 valence electrons. The number of nitrogens with zero attached hydrogens (tertiary/aromatic N) is 1. The third kappa shape index (κ3) is 5.33. The van der Waals surface area contributed by atoms with E-state index in [1.54, 1.807) is 6.07 Å². The molecule has 0 radical (unpaired) electrons. The van der Waals surface area contributed by atoms with Crippen molar-refractivity contribution in [1.29, 1.82) is 0 Å². The van der Waals surface area contributed by atoms with Gasteiger partial charge in [-0.3, -0.25) is 0 Å². The van der Waals surface area contributed by atoms with Crippen molar-refractivity contribution in [2.75, 3.05) is 7.11 Å². The fourth-order valence-corrected chi connectivity index (χ4v) is 1.35. The number of halogens is 1. The van der Waals surface area contributed by atoms with Crippen molar-refractivity contribution in [2.45, 2.75) is 41.2 Å². The van der Waals surface area contributed by atoms with Gasteiger partial charge in [0, 0.05) is 0 Å². The number of ether oxygens (including phenoxy) is 1. The van der Waals surface area contributed by atoms with Crippen molar-refractivity contribution in [3.8, 4) is 5.75 Å². The van der Waals surface area contributed by atoms with Gasteiger partial charge < -0.3 is 9.84 Å². The largest absolute Gasteiger partial charge is 0.493 e. The first-order valence-corrected chi connectivity index (χ1v) is 5.87. The van der Waals surface area contributed by atoms with Crippen LogP contribution >= 0.6 is 11.6 Å². The molecule has 0 aliphatic rings. The SMILES string of the molecule is CC.CC.COc1c(C)cc(CO)nc1Cl. The van der Waals surface area contributed by atoms with Crippen LogP contribution in [0.3, 0.4) is 0 Å². The topological polar surface area (TPSA) is 42.4 Å². The van der Waals surface area contributed by atoms with Gasteiger partial charge in [0.25, 0.3) is 0 Å². The Kier molecular flexibility index (Phi) is 11.8. The number of aliphatic hydroxyl groups excluding tert-OH is 1. The van der Waals surface area contributed by atoms with E-state index in [-0.39, 0.29) is 6.61 Å². The highest BCUT2D eigenvalue weighted by molar-refractivity contribution is 6.30. The summed E-state index contributed by atoms with van der Waals surface area (Å²) in [5, 5.41) is 9.08. The number of hydrogen-bond acceptors (Lipinski definition) is 3. The number of aliphatic hydroxyl groups is 1. The molecule has 0 spiro atoms. The summed E-state index contributed by atoms with van der Waals surface area (Å²) in [6.45, 7) is 9.75. The Morgan fingerprint density at radius 2 is 1.81 bits per heavy atom. The molecule has 3 nitrogen and oxygen atoms in total. The van der Waals surface area contributed by atoms with E-state index in [9.17, 15) is 0 Å². The molecule has 0 saturated heterocycles. The summed E-state index contributed by atoms with van der Waals surface area (Å²) in [4.78, 5) is 3.91. The number of hydrogen-bond donors (Lipinski definition) is 1. The fourth-order valence-electron chi connectivity index (χ4n) is 1.01. The van der Waals surface area contributed by atoms with Gasteiger partial charge in [-0.05, 0) is 18.6 Å². The van der Waals surface area contributed by atoms with Crippen LogP contribution in [0.15, 0.2) is 6.07 Å². The molecule has 1 aromatic heterocycles. The average molecular weight is 248 g/mol. The van der Waals surface area contributed by atoms with Gasteiger partial charge in [0.05, 0.1) is 19.4 Å². The lowest BCUT2D eigenvalue weighted by Crippen LogP contribution is -1.95. The Bertz CT molecular complexity index is 267. The summed E-state index contributed by atoms with van der Waals surface area (Å²) in [5.41, 5.74) is 1.43. The third-order valence-electron chi connectivity index (χ3n) is 1.54. The van der Waals surface area contributed by atoms with Crippen LogP contribution in [0.25, 0.3) is 0 Å². The quantitative estimate of drug-likeness (QED) is 0.812. The number of methoxy groups -OCH3 is 1. The van der Waals surface area contributed by atoms with Crippen LogP contribution in [0, 0.1) is 6.92 Å². The van der Waals surface area contributed by atoms with Gasteiger partial charge in [-0.15, -0.1) is 0 Å². The minimum atomic E-state index is -0.107. The molecule has 0 aliphatic heterocycles. The van der Waals surface area contributed by atoms with E-state index in [1.165, 1.54) is 7.11 Å². The van der Waals surface area contributed by atoms with Gasteiger partial charge in [0.15, 0.2) is 10.9 Å². The summed E-state index contributed by atoms with van der Waals surface area (Å²) >= 11 is 5.77. The van der Waals surface area contributed by atoms with E-state index < -0.39 is 0 Å². The molecule has 0 amide bonds.